The second-order valence-electron chi connectivity index (χ2n) is 5.13. The van der Waals surface area contributed by atoms with Crippen LogP contribution >= 0.6 is 11.8 Å². The number of hydrogen-bond donors (Lipinski definition) is 1. The fraction of sp³-hybridized carbons (Fsp3) is 1.00. The van der Waals surface area contributed by atoms with Crippen LogP contribution in [0, 0.1) is 0 Å². The molecule has 2 nitrogen and oxygen atoms in total. The Balaban J connectivity index is 1.94. The van der Waals surface area contributed by atoms with Gasteiger partial charge in [0.2, 0.25) is 0 Å². The quantitative estimate of drug-likeness (QED) is 0.693. The zero-order valence-electron chi connectivity index (χ0n) is 11.2. The molecular formula is C13H28N2S. The van der Waals surface area contributed by atoms with Crippen LogP contribution in [0.25, 0.3) is 0 Å². The van der Waals surface area contributed by atoms with E-state index >= 15 is 0 Å². The summed E-state index contributed by atoms with van der Waals surface area (Å²) in [6.07, 6.45) is 4.07. The fourth-order valence-electron chi connectivity index (χ4n) is 2.10. The van der Waals surface area contributed by atoms with Crippen molar-refractivity contribution in [3.8, 4) is 0 Å². The highest BCUT2D eigenvalue weighted by molar-refractivity contribution is 7.99. The highest BCUT2D eigenvalue weighted by atomic mass is 32.2. The van der Waals surface area contributed by atoms with Gasteiger partial charge < -0.3 is 5.32 Å². The summed E-state index contributed by atoms with van der Waals surface area (Å²) in [4.78, 5) is 2.66. The second kappa shape index (κ2) is 8.37. The van der Waals surface area contributed by atoms with E-state index in [9.17, 15) is 0 Å². The molecule has 1 N–H and O–H groups in total. The molecule has 0 aromatic heterocycles. The molecule has 1 fully saturated rings. The average molecular weight is 244 g/mol. The van der Waals surface area contributed by atoms with E-state index in [1.165, 1.54) is 50.4 Å². The molecule has 1 heterocycles. The molecular weight excluding hydrogens is 216 g/mol. The predicted octanol–water partition coefficient (Wildman–Crippen LogP) is 2.59. The Morgan fingerprint density at radius 2 is 2.12 bits per heavy atom. The summed E-state index contributed by atoms with van der Waals surface area (Å²) >= 11 is 2.11. The number of thioether (sulfide) groups is 1. The van der Waals surface area contributed by atoms with Crippen LogP contribution in [-0.4, -0.2) is 48.1 Å². The van der Waals surface area contributed by atoms with Crippen molar-refractivity contribution in [2.24, 2.45) is 0 Å². The minimum absolute atomic E-state index is 0.638. The summed E-state index contributed by atoms with van der Waals surface area (Å²) in [5, 5.41) is 3.48. The first-order chi connectivity index (χ1) is 7.70. The van der Waals surface area contributed by atoms with Gasteiger partial charge in [0.25, 0.3) is 0 Å². The molecule has 0 amide bonds. The van der Waals surface area contributed by atoms with Crippen LogP contribution in [0.15, 0.2) is 0 Å². The zero-order valence-corrected chi connectivity index (χ0v) is 12.0. The molecule has 0 aromatic carbocycles. The third kappa shape index (κ3) is 6.12. The first-order valence-electron chi connectivity index (χ1n) is 6.75. The normalized spacial score (nSPS) is 22.9. The number of unbranched alkanes of at least 4 members (excludes halogenated alkanes) is 2. The van der Waals surface area contributed by atoms with E-state index in [1.54, 1.807) is 0 Å². The Morgan fingerprint density at radius 3 is 2.81 bits per heavy atom. The van der Waals surface area contributed by atoms with Crippen molar-refractivity contribution in [1.82, 2.24) is 10.2 Å². The van der Waals surface area contributed by atoms with Gasteiger partial charge in [0.1, 0.15) is 0 Å². The van der Waals surface area contributed by atoms with Gasteiger partial charge in [-0.25, -0.2) is 0 Å². The zero-order chi connectivity index (χ0) is 11.8. The summed E-state index contributed by atoms with van der Waals surface area (Å²) in [5.74, 6) is 2.66. The van der Waals surface area contributed by atoms with Gasteiger partial charge in [-0.1, -0.05) is 20.3 Å². The number of hydrogen-bond acceptors (Lipinski definition) is 3. The molecule has 0 spiro atoms. The van der Waals surface area contributed by atoms with Crippen LogP contribution < -0.4 is 5.32 Å². The van der Waals surface area contributed by atoms with Gasteiger partial charge in [0, 0.05) is 30.1 Å². The minimum Gasteiger partial charge on any atom is -0.315 e. The van der Waals surface area contributed by atoms with Crippen LogP contribution in [0.2, 0.25) is 0 Å². The van der Waals surface area contributed by atoms with E-state index in [0.717, 1.165) is 6.04 Å². The van der Waals surface area contributed by atoms with E-state index in [0.29, 0.717) is 6.04 Å². The lowest BCUT2D eigenvalue weighted by Crippen LogP contribution is -2.40. The van der Waals surface area contributed by atoms with E-state index in [4.69, 9.17) is 0 Å². The number of nitrogens with zero attached hydrogens (tertiary/aromatic N) is 1. The molecule has 1 rings (SSSR count). The molecule has 1 atom stereocenters. The molecule has 0 aromatic rings. The molecule has 1 saturated heterocycles. The van der Waals surface area contributed by atoms with Crippen LogP contribution in [0.1, 0.15) is 40.0 Å². The molecule has 1 aliphatic rings. The molecule has 1 aliphatic heterocycles. The van der Waals surface area contributed by atoms with Crippen molar-refractivity contribution >= 4 is 11.8 Å². The SMILES string of the molecule is CC(C)NCCCCCN1CCSCC1C. The molecule has 96 valence electrons. The Kier molecular flexibility index (Phi) is 7.50. The highest BCUT2D eigenvalue weighted by Crippen LogP contribution is 2.16. The first kappa shape index (κ1) is 14.3. The maximum absolute atomic E-state index is 3.48. The predicted molar refractivity (Wildman–Crippen MR) is 75.3 cm³/mol. The smallest absolute Gasteiger partial charge is 0.0158 e. The summed E-state index contributed by atoms with van der Waals surface area (Å²) in [6.45, 7) is 10.6. The monoisotopic (exact) mass is 244 g/mol. The van der Waals surface area contributed by atoms with E-state index in [1.807, 2.05) is 0 Å². The van der Waals surface area contributed by atoms with Gasteiger partial charge in [-0.15, -0.1) is 0 Å². The Bertz CT molecular complexity index is 173. The fourth-order valence-corrected chi connectivity index (χ4v) is 3.18. The van der Waals surface area contributed by atoms with Crippen molar-refractivity contribution in [3.05, 3.63) is 0 Å². The molecule has 0 radical (unpaired) electrons. The largest absolute Gasteiger partial charge is 0.315 e. The van der Waals surface area contributed by atoms with Gasteiger partial charge in [-0.2, -0.15) is 11.8 Å². The standard InChI is InChI=1S/C13H28N2S/c1-12(2)14-7-5-4-6-8-15-9-10-16-11-13(15)3/h12-14H,4-11H2,1-3H3. The molecule has 16 heavy (non-hydrogen) atoms. The van der Waals surface area contributed by atoms with Crippen LogP contribution in [0.5, 0.6) is 0 Å². The van der Waals surface area contributed by atoms with Crippen LogP contribution in [0.3, 0.4) is 0 Å². The maximum Gasteiger partial charge on any atom is 0.0158 e. The summed E-state index contributed by atoms with van der Waals surface area (Å²) in [5.41, 5.74) is 0. The highest BCUT2D eigenvalue weighted by Gasteiger charge is 2.17. The van der Waals surface area contributed by atoms with Crippen molar-refractivity contribution in [2.75, 3.05) is 31.1 Å². The van der Waals surface area contributed by atoms with E-state index in [-0.39, 0.29) is 0 Å². The van der Waals surface area contributed by atoms with Crippen molar-refractivity contribution in [1.29, 1.82) is 0 Å². The molecule has 3 heteroatoms. The van der Waals surface area contributed by atoms with Crippen LogP contribution in [0.4, 0.5) is 0 Å². The maximum atomic E-state index is 3.48. The number of nitrogens with one attached hydrogen (secondary N) is 1. The van der Waals surface area contributed by atoms with Crippen molar-refractivity contribution < 1.29 is 0 Å². The summed E-state index contributed by atoms with van der Waals surface area (Å²) < 4.78 is 0. The lowest BCUT2D eigenvalue weighted by Gasteiger charge is -2.32. The van der Waals surface area contributed by atoms with Gasteiger partial charge >= 0.3 is 0 Å². The third-order valence-electron chi connectivity index (χ3n) is 3.18. The van der Waals surface area contributed by atoms with E-state index in [2.05, 4.69) is 42.7 Å². The topological polar surface area (TPSA) is 15.3 Å². The van der Waals surface area contributed by atoms with Gasteiger partial charge in [0.15, 0.2) is 0 Å². The Labute approximate surface area is 106 Å². The van der Waals surface area contributed by atoms with E-state index < -0.39 is 0 Å². The first-order valence-corrected chi connectivity index (χ1v) is 7.91. The molecule has 0 saturated carbocycles. The summed E-state index contributed by atoms with van der Waals surface area (Å²) in [7, 11) is 0. The minimum atomic E-state index is 0.638. The van der Waals surface area contributed by atoms with Crippen molar-refractivity contribution in [2.45, 2.75) is 52.1 Å². The van der Waals surface area contributed by atoms with Crippen molar-refractivity contribution in [3.63, 3.8) is 0 Å². The molecule has 1 unspecified atom stereocenters. The molecule has 0 aliphatic carbocycles. The Hall–Kier alpha value is 0.270. The third-order valence-corrected chi connectivity index (χ3v) is 4.37. The van der Waals surface area contributed by atoms with Crippen LogP contribution in [-0.2, 0) is 0 Å². The van der Waals surface area contributed by atoms with Gasteiger partial charge in [-0.05, 0) is 32.9 Å². The molecule has 0 bridgehead atoms. The lowest BCUT2D eigenvalue weighted by molar-refractivity contribution is 0.227. The Morgan fingerprint density at radius 1 is 1.31 bits per heavy atom. The average Bonchev–Trinajstić information content (AvgIpc) is 2.25. The summed E-state index contributed by atoms with van der Waals surface area (Å²) in [6, 6.07) is 1.44. The lowest BCUT2D eigenvalue weighted by atomic mass is 10.2. The number of rotatable bonds is 7. The van der Waals surface area contributed by atoms with Gasteiger partial charge in [-0.3, -0.25) is 4.90 Å². The van der Waals surface area contributed by atoms with Gasteiger partial charge in [0.05, 0.1) is 0 Å². The second-order valence-corrected chi connectivity index (χ2v) is 6.28.